The fourth-order valence-corrected chi connectivity index (χ4v) is 2.20. The summed E-state index contributed by atoms with van der Waals surface area (Å²) in [6.45, 7) is 0.620. The summed E-state index contributed by atoms with van der Waals surface area (Å²) >= 11 is 0. The van der Waals surface area contributed by atoms with E-state index in [1.807, 2.05) is 0 Å². The molecule has 2 heterocycles. The van der Waals surface area contributed by atoms with Crippen LogP contribution in [-0.4, -0.2) is 50.7 Å². The minimum absolute atomic E-state index is 0.133. The third-order valence-electron chi connectivity index (χ3n) is 3.18. The molecule has 1 aromatic rings. The van der Waals surface area contributed by atoms with Crippen molar-refractivity contribution in [3.63, 3.8) is 0 Å². The average Bonchev–Trinajstić information content (AvgIpc) is 2.95. The number of carboxylic acid groups (broad SMARTS) is 2. The molecule has 0 spiro atoms. The Morgan fingerprint density at radius 3 is 2.95 bits per heavy atom. The van der Waals surface area contributed by atoms with Gasteiger partial charge in [-0.15, -0.1) is 0 Å². The fourth-order valence-electron chi connectivity index (χ4n) is 2.20. The number of aromatic amines is 1. The van der Waals surface area contributed by atoms with Crippen molar-refractivity contribution in [1.82, 2.24) is 9.97 Å². The maximum Gasteiger partial charge on any atom is 0.326 e. The van der Waals surface area contributed by atoms with E-state index in [4.69, 9.17) is 15.9 Å². The van der Waals surface area contributed by atoms with Gasteiger partial charge in [-0.05, 0) is 12.8 Å². The van der Waals surface area contributed by atoms with Gasteiger partial charge in [-0.1, -0.05) is 0 Å². The molecule has 0 aromatic carbocycles. The van der Waals surface area contributed by atoms with Crippen LogP contribution in [0.4, 0.5) is 5.95 Å². The van der Waals surface area contributed by atoms with Gasteiger partial charge in [0.25, 0.3) is 0 Å². The normalized spacial score (nSPS) is 20.5. The van der Waals surface area contributed by atoms with Crippen LogP contribution in [-0.2, 0) is 16.0 Å². The van der Waals surface area contributed by atoms with Crippen molar-refractivity contribution in [2.45, 2.75) is 31.3 Å². The zero-order valence-corrected chi connectivity index (χ0v) is 10.2. The molecule has 0 saturated carbocycles. The highest BCUT2D eigenvalue weighted by Gasteiger charge is 2.32. The Balaban J connectivity index is 2.08. The second-order valence-corrected chi connectivity index (χ2v) is 4.57. The molecule has 1 fully saturated rings. The minimum atomic E-state index is -1.08. The number of aromatic nitrogens is 2. The zero-order valence-electron chi connectivity index (χ0n) is 10.2. The van der Waals surface area contributed by atoms with E-state index in [1.165, 1.54) is 6.20 Å². The number of anilines is 1. The molecule has 0 radical (unpaired) electrons. The summed E-state index contributed by atoms with van der Waals surface area (Å²) in [6.07, 6.45) is 3.00. The molecule has 2 rings (SSSR count). The van der Waals surface area contributed by atoms with Crippen LogP contribution in [0, 0.1) is 0 Å². The Bertz CT molecular complexity index is 487. The highest BCUT2D eigenvalue weighted by atomic mass is 16.4. The van der Waals surface area contributed by atoms with Crippen LogP contribution in [0.5, 0.6) is 0 Å². The van der Waals surface area contributed by atoms with Gasteiger partial charge in [0, 0.05) is 18.7 Å². The van der Waals surface area contributed by atoms with E-state index in [-0.39, 0.29) is 6.42 Å². The number of nitrogens with two attached hydrogens (primary N) is 1. The molecule has 5 N–H and O–H groups in total. The molecule has 1 aromatic heterocycles. The maximum atomic E-state index is 11.1. The SMILES string of the molecule is N[C@@H](Cc1cnc(N2CCC[C@H]2C(=O)O)[nH]1)C(=O)O. The van der Waals surface area contributed by atoms with Crippen LogP contribution in [0.2, 0.25) is 0 Å². The summed E-state index contributed by atoms with van der Waals surface area (Å²) in [5.41, 5.74) is 6.02. The number of aliphatic carboxylic acids is 2. The molecule has 0 unspecified atom stereocenters. The van der Waals surface area contributed by atoms with Gasteiger partial charge < -0.3 is 25.8 Å². The van der Waals surface area contributed by atoms with E-state index in [9.17, 15) is 9.59 Å². The quantitative estimate of drug-likeness (QED) is 0.561. The molecule has 0 amide bonds. The van der Waals surface area contributed by atoms with Gasteiger partial charge in [-0.3, -0.25) is 4.79 Å². The van der Waals surface area contributed by atoms with E-state index in [2.05, 4.69) is 9.97 Å². The van der Waals surface area contributed by atoms with Gasteiger partial charge in [0.15, 0.2) is 0 Å². The second-order valence-electron chi connectivity index (χ2n) is 4.57. The first kappa shape index (κ1) is 13.3. The lowest BCUT2D eigenvalue weighted by atomic mass is 10.2. The fraction of sp³-hybridized carbons (Fsp3) is 0.545. The van der Waals surface area contributed by atoms with Crippen molar-refractivity contribution in [2.24, 2.45) is 5.73 Å². The Morgan fingerprint density at radius 2 is 2.32 bits per heavy atom. The van der Waals surface area contributed by atoms with Gasteiger partial charge in [0.05, 0.1) is 6.20 Å². The molecule has 2 atom stereocenters. The maximum absolute atomic E-state index is 11.1. The molecule has 0 aliphatic carbocycles. The molecule has 1 aliphatic rings. The van der Waals surface area contributed by atoms with Crippen molar-refractivity contribution >= 4 is 17.9 Å². The lowest BCUT2D eigenvalue weighted by Gasteiger charge is -2.20. The van der Waals surface area contributed by atoms with E-state index >= 15 is 0 Å². The minimum Gasteiger partial charge on any atom is -0.480 e. The van der Waals surface area contributed by atoms with Crippen LogP contribution in [0.25, 0.3) is 0 Å². The summed E-state index contributed by atoms with van der Waals surface area (Å²) < 4.78 is 0. The van der Waals surface area contributed by atoms with Gasteiger partial charge in [0.2, 0.25) is 5.95 Å². The van der Waals surface area contributed by atoms with Crippen LogP contribution in [0.3, 0.4) is 0 Å². The number of rotatable bonds is 5. The van der Waals surface area contributed by atoms with Gasteiger partial charge in [0.1, 0.15) is 12.1 Å². The Kier molecular flexibility index (Phi) is 3.70. The number of nitrogens with zero attached hydrogens (tertiary/aromatic N) is 2. The van der Waals surface area contributed by atoms with Crippen molar-refractivity contribution < 1.29 is 19.8 Å². The molecular formula is C11H16N4O4. The van der Waals surface area contributed by atoms with Crippen molar-refractivity contribution in [1.29, 1.82) is 0 Å². The first-order valence-electron chi connectivity index (χ1n) is 6.00. The highest BCUT2D eigenvalue weighted by molar-refractivity contribution is 5.78. The third-order valence-corrected chi connectivity index (χ3v) is 3.18. The molecule has 1 aliphatic heterocycles. The lowest BCUT2D eigenvalue weighted by Crippen LogP contribution is -2.36. The van der Waals surface area contributed by atoms with E-state index < -0.39 is 24.0 Å². The summed E-state index contributed by atoms with van der Waals surface area (Å²) in [5.74, 6) is -1.50. The molecule has 8 nitrogen and oxygen atoms in total. The Morgan fingerprint density at radius 1 is 1.58 bits per heavy atom. The number of hydrogen-bond acceptors (Lipinski definition) is 5. The highest BCUT2D eigenvalue weighted by Crippen LogP contribution is 2.23. The Hall–Kier alpha value is -2.09. The third kappa shape index (κ3) is 2.84. The first-order chi connectivity index (χ1) is 8.99. The van der Waals surface area contributed by atoms with E-state index in [1.54, 1.807) is 4.90 Å². The van der Waals surface area contributed by atoms with E-state index in [0.29, 0.717) is 24.6 Å². The van der Waals surface area contributed by atoms with Gasteiger partial charge >= 0.3 is 11.9 Å². The van der Waals surface area contributed by atoms with Gasteiger partial charge in [-0.25, -0.2) is 9.78 Å². The number of nitrogens with one attached hydrogen (secondary N) is 1. The number of imidazole rings is 1. The Labute approximate surface area is 109 Å². The van der Waals surface area contributed by atoms with Crippen LogP contribution >= 0.6 is 0 Å². The van der Waals surface area contributed by atoms with Crippen LogP contribution in [0.1, 0.15) is 18.5 Å². The van der Waals surface area contributed by atoms with Crippen molar-refractivity contribution in [2.75, 3.05) is 11.4 Å². The smallest absolute Gasteiger partial charge is 0.326 e. The molecule has 19 heavy (non-hydrogen) atoms. The number of H-pyrrole nitrogens is 1. The largest absolute Gasteiger partial charge is 0.480 e. The van der Waals surface area contributed by atoms with Crippen LogP contribution in [0.15, 0.2) is 6.20 Å². The lowest BCUT2D eigenvalue weighted by molar-refractivity contribution is -0.139. The van der Waals surface area contributed by atoms with Crippen molar-refractivity contribution in [3.05, 3.63) is 11.9 Å². The number of hydrogen-bond donors (Lipinski definition) is 4. The summed E-state index contributed by atoms with van der Waals surface area (Å²) in [4.78, 5) is 30.5. The number of carboxylic acids is 2. The molecular weight excluding hydrogens is 252 g/mol. The molecule has 0 bridgehead atoms. The topological polar surface area (TPSA) is 133 Å². The monoisotopic (exact) mass is 268 g/mol. The standard InChI is InChI=1S/C11H16N4O4/c12-7(9(16)17)4-6-5-13-11(14-6)15-3-1-2-8(15)10(18)19/h5,7-8H,1-4,12H2,(H,13,14)(H,16,17)(H,18,19)/t7-,8-/m0/s1. The first-order valence-corrected chi connectivity index (χ1v) is 6.00. The summed E-state index contributed by atoms with van der Waals surface area (Å²) in [5, 5.41) is 17.8. The van der Waals surface area contributed by atoms with Crippen molar-refractivity contribution in [3.8, 4) is 0 Å². The van der Waals surface area contributed by atoms with Crippen LogP contribution < -0.4 is 10.6 Å². The number of carbonyl (C=O) groups is 2. The summed E-state index contributed by atoms with van der Waals surface area (Å²) in [6, 6.07) is -1.57. The molecule has 104 valence electrons. The van der Waals surface area contributed by atoms with Gasteiger partial charge in [-0.2, -0.15) is 0 Å². The predicted octanol–water partition coefficient (Wildman–Crippen LogP) is -0.582. The van der Waals surface area contributed by atoms with E-state index in [0.717, 1.165) is 6.42 Å². The predicted molar refractivity (Wildman–Crippen MR) is 65.9 cm³/mol. The molecule has 1 saturated heterocycles. The second kappa shape index (κ2) is 5.27. The average molecular weight is 268 g/mol. The molecule has 8 heteroatoms. The summed E-state index contributed by atoms with van der Waals surface area (Å²) in [7, 11) is 0. The zero-order chi connectivity index (χ0) is 14.0.